The fourth-order valence-corrected chi connectivity index (χ4v) is 3.49. The van der Waals surface area contributed by atoms with E-state index in [9.17, 15) is 0 Å². The van der Waals surface area contributed by atoms with Crippen LogP contribution in [-0.4, -0.2) is 23.1 Å². The Balaban J connectivity index is 1.90. The highest BCUT2D eigenvalue weighted by atomic mass is 32.2. The van der Waals surface area contributed by atoms with Gasteiger partial charge in [0, 0.05) is 17.0 Å². The maximum absolute atomic E-state index is 5.86. The first-order valence-corrected chi connectivity index (χ1v) is 8.69. The van der Waals surface area contributed by atoms with Gasteiger partial charge in [-0.2, -0.15) is 0 Å². The van der Waals surface area contributed by atoms with Crippen molar-refractivity contribution in [1.82, 2.24) is 0 Å². The third-order valence-electron chi connectivity index (χ3n) is 3.45. The topological polar surface area (TPSA) is 33.6 Å². The van der Waals surface area contributed by atoms with E-state index in [0.717, 1.165) is 35.5 Å². The van der Waals surface area contributed by atoms with Crippen LogP contribution in [0.15, 0.2) is 29.3 Å². The molecule has 1 aromatic rings. The van der Waals surface area contributed by atoms with Crippen LogP contribution in [-0.2, 0) is 0 Å². The van der Waals surface area contributed by atoms with Gasteiger partial charge in [-0.3, -0.25) is 4.99 Å². The third-order valence-corrected chi connectivity index (χ3v) is 4.58. The summed E-state index contributed by atoms with van der Waals surface area (Å²) < 4.78 is 5.86. The molecule has 0 aromatic heterocycles. The quantitative estimate of drug-likeness (QED) is 0.820. The molecule has 2 rings (SSSR count). The summed E-state index contributed by atoms with van der Waals surface area (Å²) in [6, 6.07) is 8.13. The molecule has 2 unspecified atom stereocenters. The summed E-state index contributed by atoms with van der Waals surface area (Å²) in [5.74, 6) is 1.64. The molecule has 2 atom stereocenters. The average Bonchev–Trinajstić information content (AvgIpc) is 2.85. The van der Waals surface area contributed by atoms with Gasteiger partial charge in [-0.1, -0.05) is 38.6 Å². The molecular weight excluding hydrogens is 280 g/mol. The lowest BCUT2D eigenvalue weighted by atomic mass is 10.1. The Morgan fingerprint density at radius 2 is 2.19 bits per heavy atom. The first-order chi connectivity index (χ1) is 10.1. The van der Waals surface area contributed by atoms with Crippen LogP contribution >= 0.6 is 11.8 Å². The normalized spacial score (nSPS) is 19.5. The van der Waals surface area contributed by atoms with E-state index in [1.165, 1.54) is 6.42 Å². The van der Waals surface area contributed by atoms with Crippen LogP contribution in [0.4, 0.5) is 5.69 Å². The maximum atomic E-state index is 5.86. The fraction of sp³-hybridized carbons (Fsp3) is 0.588. The zero-order valence-electron chi connectivity index (χ0n) is 13.4. The molecule has 0 amide bonds. The summed E-state index contributed by atoms with van der Waals surface area (Å²) >= 11 is 1.86. The van der Waals surface area contributed by atoms with E-state index in [-0.39, 0.29) is 6.10 Å². The largest absolute Gasteiger partial charge is 0.491 e. The molecule has 0 saturated carbocycles. The number of benzene rings is 1. The smallest absolute Gasteiger partial charge is 0.161 e. The number of hydrogen-bond acceptors (Lipinski definition) is 4. The van der Waals surface area contributed by atoms with Gasteiger partial charge in [0.15, 0.2) is 5.17 Å². The SMILES string of the molecule is CCC(C)Oc1cccc(NC2=NCC(CC(C)C)S2)c1. The Morgan fingerprint density at radius 1 is 1.38 bits per heavy atom. The van der Waals surface area contributed by atoms with Crippen molar-refractivity contribution in [3.8, 4) is 5.75 Å². The predicted octanol–water partition coefficient (Wildman–Crippen LogP) is 4.79. The van der Waals surface area contributed by atoms with Crippen LogP contribution in [0.25, 0.3) is 0 Å². The number of nitrogens with zero attached hydrogens (tertiary/aromatic N) is 1. The fourth-order valence-electron chi connectivity index (χ4n) is 2.22. The molecule has 0 spiro atoms. The molecule has 3 nitrogen and oxygen atoms in total. The number of aliphatic imine (C=N–C) groups is 1. The minimum absolute atomic E-state index is 0.244. The lowest BCUT2D eigenvalue weighted by molar-refractivity contribution is 0.217. The lowest BCUT2D eigenvalue weighted by Gasteiger charge is -2.14. The van der Waals surface area contributed by atoms with Gasteiger partial charge in [-0.15, -0.1) is 0 Å². The molecule has 0 aliphatic carbocycles. The molecule has 0 saturated heterocycles. The molecule has 1 N–H and O–H groups in total. The minimum atomic E-state index is 0.244. The minimum Gasteiger partial charge on any atom is -0.491 e. The second kappa shape index (κ2) is 7.74. The summed E-state index contributed by atoms with van der Waals surface area (Å²) in [6.07, 6.45) is 2.47. The lowest BCUT2D eigenvalue weighted by Crippen LogP contribution is -2.11. The molecule has 21 heavy (non-hydrogen) atoms. The number of thioether (sulfide) groups is 1. The molecule has 0 radical (unpaired) electrons. The zero-order valence-corrected chi connectivity index (χ0v) is 14.2. The van der Waals surface area contributed by atoms with Gasteiger partial charge in [0.2, 0.25) is 0 Å². The Kier molecular flexibility index (Phi) is 5.97. The van der Waals surface area contributed by atoms with Crippen molar-refractivity contribution in [2.75, 3.05) is 11.9 Å². The number of ether oxygens (including phenoxy) is 1. The number of amidine groups is 1. The van der Waals surface area contributed by atoms with E-state index in [2.05, 4.69) is 44.1 Å². The number of nitrogens with one attached hydrogen (secondary N) is 1. The van der Waals surface area contributed by atoms with Crippen molar-refractivity contribution in [2.45, 2.75) is 51.9 Å². The second-order valence-electron chi connectivity index (χ2n) is 6.00. The van der Waals surface area contributed by atoms with Crippen molar-refractivity contribution in [3.05, 3.63) is 24.3 Å². The highest BCUT2D eigenvalue weighted by Crippen LogP contribution is 2.28. The first kappa shape index (κ1) is 16.2. The highest BCUT2D eigenvalue weighted by molar-refractivity contribution is 8.15. The highest BCUT2D eigenvalue weighted by Gasteiger charge is 2.20. The van der Waals surface area contributed by atoms with Gasteiger partial charge in [-0.25, -0.2) is 0 Å². The molecule has 1 aliphatic rings. The molecule has 1 aromatic carbocycles. The summed E-state index contributed by atoms with van der Waals surface area (Å²) in [7, 11) is 0. The number of anilines is 1. The standard InChI is InChI=1S/C17H26N2OS/c1-5-13(4)20-15-8-6-7-14(10-15)19-17-18-11-16(21-17)9-12(2)3/h6-8,10,12-13,16H,5,9,11H2,1-4H3,(H,18,19). The van der Waals surface area contributed by atoms with Gasteiger partial charge >= 0.3 is 0 Å². The molecule has 0 bridgehead atoms. The van der Waals surface area contributed by atoms with E-state index < -0.39 is 0 Å². The van der Waals surface area contributed by atoms with E-state index in [1.807, 2.05) is 30.0 Å². The molecule has 0 fully saturated rings. The monoisotopic (exact) mass is 306 g/mol. The van der Waals surface area contributed by atoms with E-state index in [1.54, 1.807) is 0 Å². The molecule has 116 valence electrons. The second-order valence-corrected chi connectivity index (χ2v) is 7.29. The van der Waals surface area contributed by atoms with Gasteiger partial charge in [0.25, 0.3) is 0 Å². The van der Waals surface area contributed by atoms with E-state index >= 15 is 0 Å². The summed E-state index contributed by atoms with van der Waals surface area (Å²) in [5, 5.41) is 5.06. The Hall–Kier alpha value is -1.16. The summed E-state index contributed by atoms with van der Waals surface area (Å²) in [6.45, 7) is 9.68. The van der Waals surface area contributed by atoms with Crippen molar-refractivity contribution >= 4 is 22.6 Å². The Labute approximate surface area is 132 Å². The van der Waals surface area contributed by atoms with Crippen LogP contribution in [0, 0.1) is 5.92 Å². The van der Waals surface area contributed by atoms with Crippen molar-refractivity contribution < 1.29 is 4.74 Å². The van der Waals surface area contributed by atoms with Crippen molar-refractivity contribution in [1.29, 1.82) is 0 Å². The predicted molar refractivity (Wildman–Crippen MR) is 93.6 cm³/mol. The summed E-state index contributed by atoms with van der Waals surface area (Å²) in [4.78, 5) is 4.60. The average molecular weight is 306 g/mol. The zero-order chi connectivity index (χ0) is 15.2. The van der Waals surface area contributed by atoms with Crippen LogP contribution < -0.4 is 10.1 Å². The molecule has 1 heterocycles. The summed E-state index contributed by atoms with van der Waals surface area (Å²) in [5.41, 5.74) is 1.05. The molecule has 4 heteroatoms. The number of rotatable bonds is 6. The van der Waals surface area contributed by atoms with E-state index in [0.29, 0.717) is 5.25 Å². The maximum Gasteiger partial charge on any atom is 0.161 e. The van der Waals surface area contributed by atoms with Crippen LogP contribution in [0.5, 0.6) is 5.75 Å². The van der Waals surface area contributed by atoms with Gasteiger partial charge in [-0.05, 0) is 37.8 Å². The first-order valence-electron chi connectivity index (χ1n) is 7.81. The van der Waals surface area contributed by atoms with Crippen LogP contribution in [0.2, 0.25) is 0 Å². The molecule has 1 aliphatic heterocycles. The molecular formula is C17H26N2OS. The Morgan fingerprint density at radius 3 is 2.90 bits per heavy atom. The van der Waals surface area contributed by atoms with Gasteiger partial charge in [0.1, 0.15) is 5.75 Å². The third kappa shape index (κ3) is 5.27. The Bertz CT molecular complexity index is 487. The van der Waals surface area contributed by atoms with Crippen molar-refractivity contribution in [2.24, 2.45) is 10.9 Å². The number of hydrogen-bond donors (Lipinski definition) is 1. The van der Waals surface area contributed by atoms with Crippen LogP contribution in [0.1, 0.15) is 40.5 Å². The van der Waals surface area contributed by atoms with Gasteiger partial charge < -0.3 is 10.1 Å². The van der Waals surface area contributed by atoms with Crippen molar-refractivity contribution in [3.63, 3.8) is 0 Å². The van der Waals surface area contributed by atoms with E-state index in [4.69, 9.17) is 4.74 Å². The van der Waals surface area contributed by atoms with Crippen LogP contribution in [0.3, 0.4) is 0 Å². The van der Waals surface area contributed by atoms with Gasteiger partial charge in [0.05, 0.1) is 12.6 Å².